The lowest BCUT2D eigenvalue weighted by molar-refractivity contribution is -0.163. The highest BCUT2D eigenvalue weighted by Crippen LogP contribution is 2.09. The molecule has 0 aromatic rings. The van der Waals surface area contributed by atoms with Crippen LogP contribution in [0.4, 0.5) is 0 Å². The van der Waals surface area contributed by atoms with E-state index in [9.17, 15) is 4.79 Å². The van der Waals surface area contributed by atoms with Crippen LogP contribution >= 0.6 is 0 Å². The first kappa shape index (κ1) is 12.4. The molecular formula is C10H16N2O2. The van der Waals surface area contributed by atoms with Crippen LogP contribution in [0.3, 0.4) is 0 Å². The Labute approximate surface area is 84.3 Å². The van der Waals surface area contributed by atoms with Gasteiger partial charge in [-0.1, -0.05) is 12.7 Å². The summed E-state index contributed by atoms with van der Waals surface area (Å²) in [5.41, 5.74) is 6.30. The Hall–Kier alpha value is -1.55. The normalized spacial score (nSPS) is 11.8. The van der Waals surface area contributed by atoms with Crippen LogP contribution in [0.1, 0.15) is 6.92 Å². The first-order valence-corrected chi connectivity index (χ1v) is 4.11. The molecule has 0 aliphatic heterocycles. The minimum absolute atomic E-state index is 0.272. The predicted octanol–water partition coefficient (Wildman–Crippen LogP) is 0.981. The molecule has 0 aromatic carbocycles. The lowest BCUT2D eigenvalue weighted by atomic mass is 10.1. The molecule has 4 heteroatoms. The Balaban J connectivity index is 4.55. The molecule has 0 saturated carbocycles. The third-order valence-corrected chi connectivity index (χ3v) is 1.75. The maximum Gasteiger partial charge on any atom is 0.276 e. The maximum absolute atomic E-state index is 11.5. The average Bonchev–Trinajstić information content (AvgIpc) is 2.22. The number of amides is 1. The van der Waals surface area contributed by atoms with Crippen molar-refractivity contribution in [2.24, 2.45) is 5.73 Å². The smallest absolute Gasteiger partial charge is 0.276 e. The summed E-state index contributed by atoms with van der Waals surface area (Å²) in [6, 6.07) is 0. The van der Waals surface area contributed by atoms with Gasteiger partial charge in [0.05, 0.1) is 7.11 Å². The molecule has 0 unspecified atom stereocenters. The van der Waals surface area contributed by atoms with Crippen LogP contribution in [0.15, 0.2) is 36.1 Å². The largest absolute Gasteiger partial charge is 0.405 e. The van der Waals surface area contributed by atoms with Crippen molar-refractivity contribution in [1.29, 1.82) is 0 Å². The molecule has 0 aliphatic rings. The van der Waals surface area contributed by atoms with Crippen molar-refractivity contribution in [3.8, 4) is 0 Å². The Kier molecular flexibility index (Phi) is 5.33. The van der Waals surface area contributed by atoms with Gasteiger partial charge in [-0.2, -0.15) is 0 Å². The number of nitrogens with zero attached hydrogens (tertiary/aromatic N) is 1. The fourth-order valence-electron chi connectivity index (χ4n) is 0.742. The van der Waals surface area contributed by atoms with E-state index in [1.54, 1.807) is 19.1 Å². The van der Waals surface area contributed by atoms with Crippen molar-refractivity contribution in [3.05, 3.63) is 36.1 Å². The van der Waals surface area contributed by atoms with E-state index in [-0.39, 0.29) is 5.91 Å². The third kappa shape index (κ3) is 3.45. The number of carbonyl (C=O) groups excluding carboxylic acids is 1. The molecule has 0 aromatic heterocycles. The van der Waals surface area contributed by atoms with Crippen LogP contribution in [-0.4, -0.2) is 25.1 Å². The Morgan fingerprint density at radius 2 is 2.14 bits per heavy atom. The highest BCUT2D eigenvalue weighted by atomic mass is 16.7. The van der Waals surface area contributed by atoms with E-state index in [4.69, 9.17) is 10.6 Å². The Bertz CT molecular complexity index is 280. The average molecular weight is 196 g/mol. The molecule has 0 rings (SSSR count). The van der Waals surface area contributed by atoms with Gasteiger partial charge in [-0.3, -0.25) is 9.63 Å². The third-order valence-electron chi connectivity index (χ3n) is 1.75. The van der Waals surface area contributed by atoms with Gasteiger partial charge in [-0.25, -0.2) is 5.06 Å². The summed E-state index contributed by atoms with van der Waals surface area (Å²) < 4.78 is 0. The van der Waals surface area contributed by atoms with Crippen molar-refractivity contribution in [2.45, 2.75) is 6.92 Å². The molecule has 0 fully saturated rings. The van der Waals surface area contributed by atoms with Gasteiger partial charge in [0, 0.05) is 12.6 Å². The second-order valence-corrected chi connectivity index (χ2v) is 2.70. The van der Waals surface area contributed by atoms with E-state index >= 15 is 0 Å². The van der Waals surface area contributed by atoms with Gasteiger partial charge >= 0.3 is 0 Å². The van der Waals surface area contributed by atoms with E-state index in [2.05, 4.69) is 6.58 Å². The standard InChI is InChI=1S/C10H16N2O2/c1-8(6-5-7-11)9(2)10(13)12(3)14-4/h5-7H,2,11H2,1,3-4H3/b7-5-,8-6-. The van der Waals surface area contributed by atoms with Crippen molar-refractivity contribution in [2.75, 3.05) is 14.2 Å². The van der Waals surface area contributed by atoms with Gasteiger partial charge in [0.15, 0.2) is 0 Å². The van der Waals surface area contributed by atoms with Crippen LogP contribution in [-0.2, 0) is 9.63 Å². The lowest BCUT2D eigenvalue weighted by Gasteiger charge is -2.15. The van der Waals surface area contributed by atoms with E-state index in [0.717, 1.165) is 10.6 Å². The van der Waals surface area contributed by atoms with Gasteiger partial charge in [0.2, 0.25) is 0 Å². The maximum atomic E-state index is 11.5. The molecule has 0 atom stereocenters. The summed E-state index contributed by atoms with van der Waals surface area (Å²) >= 11 is 0. The zero-order chi connectivity index (χ0) is 11.1. The summed E-state index contributed by atoms with van der Waals surface area (Å²) in [7, 11) is 2.95. The second-order valence-electron chi connectivity index (χ2n) is 2.70. The summed E-state index contributed by atoms with van der Waals surface area (Å²) in [4.78, 5) is 16.2. The number of hydroxylamine groups is 2. The van der Waals surface area contributed by atoms with E-state index < -0.39 is 0 Å². The summed E-state index contributed by atoms with van der Waals surface area (Å²) in [5.74, 6) is -0.272. The molecule has 78 valence electrons. The van der Waals surface area contributed by atoms with Gasteiger partial charge in [0.1, 0.15) is 0 Å². The number of hydrogen-bond acceptors (Lipinski definition) is 3. The molecule has 0 radical (unpaired) electrons. The van der Waals surface area contributed by atoms with Crippen LogP contribution in [0, 0.1) is 0 Å². The van der Waals surface area contributed by atoms with Gasteiger partial charge in [0.25, 0.3) is 5.91 Å². The molecule has 0 heterocycles. The lowest BCUT2D eigenvalue weighted by Crippen LogP contribution is -2.26. The Morgan fingerprint density at radius 1 is 1.57 bits per heavy atom. The quantitative estimate of drug-likeness (QED) is 0.414. The topological polar surface area (TPSA) is 55.6 Å². The first-order chi connectivity index (χ1) is 6.54. The van der Waals surface area contributed by atoms with Gasteiger partial charge in [-0.15, -0.1) is 0 Å². The monoisotopic (exact) mass is 196 g/mol. The first-order valence-electron chi connectivity index (χ1n) is 4.11. The molecule has 0 saturated heterocycles. The second kappa shape index (κ2) is 5.99. The zero-order valence-electron chi connectivity index (χ0n) is 8.78. The number of rotatable bonds is 4. The highest BCUT2D eigenvalue weighted by molar-refractivity contribution is 5.96. The highest BCUT2D eigenvalue weighted by Gasteiger charge is 2.12. The molecule has 4 nitrogen and oxygen atoms in total. The van der Waals surface area contributed by atoms with Crippen molar-refractivity contribution >= 4 is 5.91 Å². The van der Waals surface area contributed by atoms with Crippen molar-refractivity contribution < 1.29 is 9.63 Å². The van der Waals surface area contributed by atoms with Crippen LogP contribution in [0.5, 0.6) is 0 Å². The van der Waals surface area contributed by atoms with E-state index in [1.165, 1.54) is 20.4 Å². The molecule has 0 aliphatic carbocycles. The van der Waals surface area contributed by atoms with Gasteiger partial charge in [-0.05, 0) is 24.8 Å². The summed E-state index contributed by atoms with van der Waals surface area (Å²) in [5, 5.41) is 1.12. The number of allylic oxidation sites excluding steroid dienone is 2. The van der Waals surface area contributed by atoms with Crippen molar-refractivity contribution in [3.63, 3.8) is 0 Å². The number of hydrogen-bond donors (Lipinski definition) is 1. The van der Waals surface area contributed by atoms with Crippen LogP contribution < -0.4 is 5.73 Å². The number of likely N-dealkylation sites (N-methyl/N-ethyl adjacent to an activating group) is 1. The molecular weight excluding hydrogens is 180 g/mol. The summed E-state index contributed by atoms with van der Waals surface area (Å²) in [6.45, 7) is 5.44. The summed E-state index contributed by atoms with van der Waals surface area (Å²) in [6.07, 6.45) is 4.74. The molecule has 1 amide bonds. The Morgan fingerprint density at radius 3 is 2.57 bits per heavy atom. The number of nitrogens with two attached hydrogens (primary N) is 1. The minimum atomic E-state index is -0.272. The predicted molar refractivity (Wildman–Crippen MR) is 56.0 cm³/mol. The van der Waals surface area contributed by atoms with Crippen LogP contribution in [0.2, 0.25) is 0 Å². The molecule has 0 bridgehead atoms. The van der Waals surface area contributed by atoms with Crippen LogP contribution in [0.25, 0.3) is 0 Å². The molecule has 0 spiro atoms. The molecule has 2 N–H and O–H groups in total. The van der Waals surface area contributed by atoms with E-state index in [0.29, 0.717) is 5.57 Å². The fourth-order valence-corrected chi connectivity index (χ4v) is 0.742. The SMILES string of the molecule is C=C(C(=O)N(C)OC)/C(C)=C\C=C/N. The number of carbonyl (C=O) groups is 1. The van der Waals surface area contributed by atoms with Crippen molar-refractivity contribution in [1.82, 2.24) is 5.06 Å². The fraction of sp³-hybridized carbons (Fsp3) is 0.300. The molecule has 14 heavy (non-hydrogen) atoms. The van der Waals surface area contributed by atoms with E-state index in [1.807, 2.05) is 0 Å². The van der Waals surface area contributed by atoms with Gasteiger partial charge < -0.3 is 5.73 Å². The zero-order valence-corrected chi connectivity index (χ0v) is 8.78. The minimum Gasteiger partial charge on any atom is -0.405 e.